The molecule has 2 aromatic rings. The maximum absolute atomic E-state index is 12.8. The van der Waals surface area contributed by atoms with Gasteiger partial charge in [-0.2, -0.15) is 0 Å². The summed E-state index contributed by atoms with van der Waals surface area (Å²) in [6.45, 7) is -0.257. The first-order valence-corrected chi connectivity index (χ1v) is 13.0. The third kappa shape index (κ3) is 5.61. The summed E-state index contributed by atoms with van der Waals surface area (Å²) in [6, 6.07) is 12.4. The number of esters is 1. The maximum Gasteiger partial charge on any atom is 0.352 e. The Morgan fingerprint density at radius 2 is 1.91 bits per heavy atom. The number of halogens is 2. The van der Waals surface area contributed by atoms with Gasteiger partial charge in [0.25, 0.3) is 5.91 Å². The predicted molar refractivity (Wildman–Crippen MR) is 134 cm³/mol. The largest absolute Gasteiger partial charge is 0.477 e. The molecular weight excluding hydrogens is 535 g/mol. The van der Waals surface area contributed by atoms with Gasteiger partial charge in [-0.25, -0.2) is 9.59 Å². The predicted octanol–water partition coefficient (Wildman–Crippen LogP) is 3.68. The van der Waals surface area contributed by atoms with E-state index >= 15 is 0 Å². The van der Waals surface area contributed by atoms with Gasteiger partial charge in [-0.15, -0.1) is 23.5 Å². The number of carbonyl (C=O) groups is 4. The van der Waals surface area contributed by atoms with Crippen LogP contribution in [0.4, 0.5) is 0 Å². The van der Waals surface area contributed by atoms with Gasteiger partial charge in [0, 0.05) is 21.2 Å². The van der Waals surface area contributed by atoms with Crippen LogP contribution in [0.3, 0.4) is 0 Å². The van der Waals surface area contributed by atoms with Crippen molar-refractivity contribution >= 4 is 70.5 Å². The molecule has 0 saturated carbocycles. The number of hydrogen-bond donors (Lipinski definition) is 2. The van der Waals surface area contributed by atoms with E-state index in [1.807, 2.05) is 0 Å². The molecule has 0 bridgehead atoms. The van der Waals surface area contributed by atoms with E-state index in [-0.39, 0.29) is 23.8 Å². The number of aliphatic carboxylic acids is 1. The smallest absolute Gasteiger partial charge is 0.352 e. The molecule has 2 N–H and O–H groups in total. The molecule has 2 amide bonds. The topological polar surface area (TPSA) is 113 Å². The third-order valence-corrected chi connectivity index (χ3v) is 8.28. The number of fused-ring (bicyclic) bond motifs is 1. The van der Waals surface area contributed by atoms with Gasteiger partial charge in [0.05, 0.1) is 16.3 Å². The number of benzene rings is 2. The lowest BCUT2D eigenvalue weighted by molar-refractivity contribution is -0.150. The van der Waals surface area contributed by atoms with Crippen LogP contribution in [0.5, 0.6) is 0 Å². The molecule has 0 aromatic heterocycles. The van der Waals surface area contributed by atoms with Crippen molar-refractivity contribution in [3.8, 4) is 0 Å². The number of hydrogen-bond acceptors (Lipinski definition) is 7. The summed E-state index contributed by atoms with van der Waals surface area (Å²) in [4.78, 5) is 51.2. The molecule has 4 rings (SSSR count). The van der Waals surface area contributed by atoms with E-state index in [1.165, 1.54) is 23.5 Å². The first-order chi connectivity index (χ1) is 16.8. The van der Waals surface area contributed by atoms with Gasteiger partial charge >= 0.3 is 11.9 Å². The van der Waals surface area contributed by atoms with Gasteiger partial charge in [0.15, 0.2) is 0 Å². The number of carboxylic acids is 1. The highest BCUT2D eigenvalue weighted by molar-refractivity contribution is 8.00. The zero-order valence-electron chi connectivity index (χ0n) is 17.9. The highest BCUT2D eigenvalue weighted by Gasteiger charge is 2.54. The summed E-state index contributed by atoms with van der Waals surface area (Å²) in [5.41, 5.74) is 0.434. The number of nitrogens with one attached hydrogen (secondary N) is 1. The number of amides is 2. The van der Waals surface area contributed by atoms with Crippen LogP contribution in [0.25, 0.3) is 0 Å². The van der Waals surface area contributed by atoms with Crippen molar-refractivity contribution in [1.29, 1.82) is 0 Å². The molecule has 2 heterocycles. The van der Waals surface area contributed by atoms with Crippen LogP contribution in [0.1, 0.15) is 10.4 Å². The van der Waals surface area contributed by atoms with Gasteiger partial charge in [-0.3, -0.25) is 14.5 Å². The number of nitrogens with zero attached hydrogens (tertiary/aromatic N) is 1. The molecule has 1 saturated heterocycles. The van der Waals surface area contributed by atoms with E-state index in [2.05, 4.69) is 5.32 Å². The lowest BCUT2D eigenvalue weighted by Gasteiger charge is -2.49. The molecule has 12 heteroatoms. The lowest BCUT2D eigenvalue weighted by atomic mass is 10.0. The molecule has 2 aromatic carbocycles. The Kier molecular flexibility index (Phi) is 7.95. The van der Waals surface area contributed by atoms with Crippen LogP contribution in [0, 0.1) is 0 Å². The van der Waals surface area contributed by atoms with Gasteiger partial charge < -0.3 is 15.2 Å². The summed E-state index contributed by atoms with van der Waals surface area (Å²) >= 11 is 14.5. The van der Waals surface area contributed by atoms with Gasteiger partial charge in [0.1, 0.15) is 23.7 Å². The molecule has 182 valence electrons. The highest BCUT2D eigenvalue weighted by Crippen LogP contribution is 2.40. The SMILES string of the molecule is O=C(CSc1cc(Cl)ccc1Cl)N[C@@H]1C(=O)N2C(C(=O)O)=C(COC(=O)c3ccccc3)CSC12. The molecule has 1 unspecified atom stereocenters. The fraction of sp³-hybridized carbons (Fsp3) is 0.217. The van der Waals surface area contributed by atoms with Gasteiger partial charge in [-0.05, 0) is 30.3 Å². The summed E-state index contributed by atoms with van der Waals surface area (Å²) in [5.74, 6) is -2.59. The number of β-lactam (4-membered cyclic amide) rings is 1. The van der Waals surface area contributed by atoms with Crippen LogP contribution in [-0.4, -0.2) is 63.3 Å². The number of carboxylic acid groups (broad SMARTS) is 1. The van der Waals surface area contributed by atoms with Crippen LogP contribution in [-0.2, 0) is 19.1 Å². The Morgan fingerprint density at radius 1 is 1.17 bits per heavy atom. The van der Waals surface area contributed by atoms with E-state index < -0.39 is 35.2 Å². The Labute approximate surface area is 219 Å². The molecular formula is C23H18Cl2N2O6S2. The number of ether oxygens (including phenoxy) is 1. The molecule has 2 aliphatic heterocycles. The first-order valence-electron chi connectivity index (χ1n) is 10.3. The maximum atomic E-state index is 12.8. The van der Waals surface area contributed by atoms with Crippen LogP contribution < -0.4 is 5.32 Å². The van der Waals surface area contributed by atoms with Crippen LogP contribution in [0.15, 0.2) is 64.7 Å². The first kappa shape index (κ1) is 25.4. The molecule has 0 spiro atoms. The van der Waals surface area contributed by atoms with Gasteiger partial charge in [-0.1, -0.05) is 41.4 Å². The minimum Gasteiger partial charge on any atom is -0.477 e. The van der Waals surface area contributed by atoms with Crippen molar-refractivity contribution < 1.29 is 29.0 Å². The van der Waals surface area contributed by atoms with Crippen molar-refractivity contribution in [2.24, 2.45) is 0 Å². The standard InChI is InChI=1S/C23H18Cl2N2O6S2/c24-14-6-7-15(25)16(8-14)34-11-17(28)26-18-20(29)27-19(22(30)31)13(10-35-21(18)27)9-33-23(32)12-4-2-1-3-5-12/h1-8,18,21H,9-11H2,(H,26,28)(H,30,31)/t18-,21?/m1/s1. The average molecular weight is 553 g/mol. The van der Waals surface area contributed by atoms with E-state index in [9.17, 15) is 24.3 Å². The molecule has 0 radical (unpaired) electrons. The summed E-state index contributed by atoms with van der Waals surface area (Å²) < 4.78 is 5.27. The normalized spacial score (nSPS) is 19.0. The number of carbonyl (C=O) groups excluding carboxylic acids is 3. The Hall–Kier alpha value is -2.66. The Balaban J connectivity index is 1.38. The Bertz CT molecular complexity index is 1220. The zero-order chi connectivity index (χ0) is 25.1. The summed E-state index contributed by atoms with van der Waals surface area (Å²) in [7, 11) is 0. The van der Waals surface area contributed by atoms with E-state index in [0.29, 0.717) is 26.1 Å². The van der Waals surface area contributed by atoms with Crippen LogP contribution in [0.2, 0.25) is 10.0 Å². The monoisotopic (exact) mass is 552 g/mol. The minimum absolute atomic E-state index is 0.00352. The molecule has 1 fully saturated rings. The van der Waals surface area contributed by atoms with Crippen molar-refractivity contribution in [3.63, 3.8) is 0 Å². The van der Waals surface area contributed by atoms with Crippen molar-refractivity contribution in [3.05, 3.63) is 75.4 Å². The van der Waals surface area contributed by atoms with Crippen molar-refractivity contribution in [1.82, 2.24) is 10.2 Å². The summed E-state index contributed by atoms with van der Waals surface area (Å²) in [5, 5.41) is 12.8. The molecule has 2 atom stereocenters. The van der Waals surface area contributed by atoms with Gasteiger partial charge in [0.2, 0.25) is 5.91 Å². The number of thioether (sulfide) groups is 2. The lowest BCUT2D eigenvalue weighted by Crippen LogP contribution is -2.70. The second-order valence-electron chi connectivity index (χ2n) is 7.52. The molecule has 2 aliphatic rings. The second kappa shape index (κ2) is 10.9. The van der Waals surface area contributed by atoms with Crippen molar-refractivity contribution in [2.75, 3.05) is 18.1 Å². The molecule has 8 nitrogen and oxygen atoms in total. The van der Waals surface area contributed by atoms with Crippen molar-refractivity contribution in [2.45, 2.75) is 16.3 Å². The highest BCUT2D eigenvalue weighted by atomic mass is 35.5. The zero-order valence-corrected chi connectivity index (χ0v) is 21.0. The molecule has 0 aliphatic carbocycles. The second-order valence-corrected chi connectivity index (χ2v) is 10.5. The number of rotatable bonds is 8. The van der Waals surface area contributed by atoms with Crippen LogP contribution >= 0.6 is 46.7 Å². The van der Waals surface area contributed by atoms with E-state index in [0.717, 1.165) is 4.90 Å². The fourth-order valence-corrected chi connectivity index (χ4v) is 6.18. The summed E-state index contributed by atoms with van der Waals surface area (Å²) in [6.07, 6.45) is 0. The van der Waals surface area contributed by atoms with E-state index in [4.69, 9.17) is 27.9 Å². The minimum atomic E-state index is -1.30. The van der Waals surface area contributed by atoms with E-state index in [1.54, 1.807) is 48.5 Å². The Morgan fingerprint density at radius 3 is 2.63 bits per heavy atom. The quantitative estimate of drug-likeness (QED) is 0.289. The fourth-order valence-electron chi connectivity index (χ4n) is 3.55. The third-order valence-electron chi connectivity index (χ3n) is 5.21. The molecule has 35 heavy (non-hydrogen) atoms. The average Bonchev–Trinajstić information content (AvgIpc) is 2.86.